The maximum atomic E-state index is 13.5. The lowest BCUT2D eigenvalue weighted by molar-refractivity contribution is -0.123. The average Bonchev–Trinajstić information content (AvgIpc) is 3.34. The van der Waals surface area contributed by atoms with Crippen LogP contribution in [0.15, 0.2) is 18.2 Å². The van der Waals surface area contributed by atoms with Crippen LogP contribution in [0.4, 0.5) is 4.79 Å². The van der Waals surface area contributed by atoms with Crippen molar-refractivity contribution in [1.82, 2.24) is 15.1 Å². The minimum absolute atomic E-state index is 0.0170. The van der Waals surface area contributed by atoms with E-state index in [-0.39, 0.29) is 47.7 Å². The number of hydrogen-bond acceptors (Lipinski definition) is 8. The summed E-state index contributed by atoms with van der Waals surface area (Å²) in [6.07, 6.45) is 3.82. The Hall–Kier alpha value is -2.43. The number of rotatable bonds is 7. The Bertz CT molecular complexity index is 1300. The van der Waals surface area contributed by atoms with Gasteiger partial charge in [0.05, 0.1) is 22.8 Å². The van der Waals surface area contributed by atoms with Gasteiger partial charge in [-0.05, 0) is 102 Å². The first-order valence-corrected chi connectivity index (χ1v) is 17.1. The number of carbonyl (C=O) groups is 2. The predicted octanol–water partition coefficient (Wildman–Crippen LogP) is 6.63. The molecule has 2 unspecified atom stereocenters. The molecule has 2 N–H and O–H groups in total. The van der Waals surface area contributed by atoms with E-state index in [1.54, 1.807) is 6.92 Å². The van der Waals surface area contributed by atoms with Crippen molar-refractivity contribution >= 4 is 36.8 Å². The first kappa shape index (κ1) is 39.0. The molecule has 2 fully saturated rings. The van der Waals surface area contributed by atoms with E-state index in [2.05, 4.69) is 64.7 Å². The molecule has 1 aromatic carbocycles. The van der Waals surface area contributed by atoms with E-state index in [0.29, 0.717) is 24.7 Å². The number of nitrogens with one attached hydrogen (secondary N) is 2. The van der Waals surface area contributed by atoms with E-state index in [9.17, 15) is 9.59 Å². The molecular formula is C35H56BClN4O6. The van der Waals surface area contributed by atoms with Gasteiger partial charge in [-0.15, -0.1) is 0 Å². The summed E-state index contributed by atoms with van der Waals surface area (Å²) in [5.41, 5.74) is 0.354. The summed E-state index contributed by atoms with van der Waals surface area (Å²) in [4.78, 5) is 38.9. The summed E-state index contributed by atoms with van der Waals surface area (Å²) in [5, 5.41) is 9.51. The molecule has 2 saturated heterocycles. The highest BCUT2D eigenvalue weighted by atomic mass is 35.5. The van der Waals surface area contributed by atoms with Gasteiger partial charge in [0.25, 0.3) is 0 Å². The van der Waals surface area contributed by atoms with Crippen LogP contribution in [0.2, 0.25) is 11.3 Å². The fourth-order valence-electron chi connectivity index (χ4n) is 7.21. The van der Waals surface area contributed by atoms with Crippen LogP contribution in [0.3, 0.4) is 0 Å². The molecule has 2 amide bonds. The van der Waals surface area contributed by atoms with Gasteiger partial charge >= 0.3 is 13.2 Å². The lowest BCUT2D eigenvalue weighted by Crippen LogP contribution is -2.62. The average molecular weight is 675 g/mol. The minimum atomic E-state index is -0.598. The van der Waals surface area contributed by atoms with Crippen molar-refractivity contribution < 1.29 is 28.4 Å². The number of isocyanates is 1. The third-order valence-corrected chi connectivity index (χ3v) is 10.4. The molecule has 0 aliphatic carbocycles. The fraction of sp³-hybridized carbons (Fsp3) is 0.743. The number of ether oxygens (including phenoxy) is 1. The number of hydrogen-bond donors (Lipinski definition) is 2. The Morgan fingerprint density at radius 2 is 1.70 bits per heavy atom. The number of nitrogens with zero attached hydrogens (tertiary/aromatic N) is 2. The lowest BCUT2D eigenvalue weighted by Gasteiger charge is -2.47. The molecule has 3 aliphatic rings. The SMILES string of the molecule is CC(=O)N[C@@]1(C(C)(C)C)CN(CC2Cc3ccc(Cl)cc3CN2C(=O)OC(C)(C)C)CC1CCCB1OC(C)(C)C(C)(C)O1.N=C=O. The van der Waals surface area contributed by atoms with E-state index >= 15 is 0 Å². The quantitative estimate of drug-likeness (QED) is 0.189. The normalized spacial score (nSPS) is 25.4. The van der Waals surface area contributed by atoms with Crippen molar-refractivity contribution in [3.05, 3.63) is 34.3 Å². The van der Waals surface area contributed by atoms with Crippen LogP contribution in [0.5, 0.6) is 0 Å². The number of carbonyl (C=O) groups excluding carboxylic acids is 3. The smallest absolute Gasteiger partial charge is 0.444 e. The van der Waals surface area contributed by atoms with Gasteiger partial charge in [0.15, 0.2) is 0 Å². The molecule has 1 aromatic rings. The Labute approximate surface area is 287 Å². The van der Waals surface area contributed by atoms with Crippen LogP contribution >= 0.6 is 11.6 Å². The van der Waals surface area contributed by atoms with Crippen LogP contribution < -0.4 is 5.32 Å². The van der Waals surface area contributed by atoms with Crippen molar-refractivity contribution in [3.8, 4) is 0 Å². The Morgan fingerprint density at radius 3 is 2.23 bits per heavy atom. The summed E-state index contributed by atoms with van der Waals surface area (Å²) in [7, 11) is -0.236. The number of amides is 2. The van der Waals surface area contributed by atoms with E-state index in [4.69, 9.17) is 35.9 Å². The standard InChI is InChI=1S/C34H55BClN3O5.CHNO/c1-23(40)37-34(30(2,3)4)22-38(20-26(34)13-12-16-35-43-32(8,9)33(10,11)44-35)21-28-18-24-14-15-27(36)17-25(24)19-39(28)29(41)42-31(5,6)7;2-1-3/h14-15,17,26,28H,12-13,16,18-22H2,1-11H3,(H,37,40);2H/t26?,28?,34-;/m0./s1. The van der Waals surface area contributed by atoms with E-state index in [1.165, 1.54) is 5.56 Å². The zero-order valence-corrected chi connectivity index (χ0v) is 31.1. The van der Waals surface area contributed by atoms with Gasteiger partial charge < -0.3 is 19.4 Å². The maximum absolute atomic E-state index is 13.5. The Morgan fingerprint density at radius 1 is 1.11 bits per heavy atom. The van der Waals surface area contributed by atoms with Crippen molar-refractivity contribution in [2.24, 2.45) is 11.3 Å². The summed E-state index contributed by atoms with van der Waals surface area (Å²) >= 11 is 6.33. The van der Waals surface area contributed by atoms with Crippen LogP contribution in [0.1, 0.15) is 100 Å². The summed E-state index contributed by atoms with van der Waals surface area (Å²) < 4.78 is 18.4. The van der Waals surface area contributed by atoms with Gasteiger partial charge in [0.2, 0.25) is 12.0 Å². The van der Waals surface area contributed by atoms with E-state index in [0.717, 1.165) is 43.8 Å². The summed E-state index contributed by atoms with van der Waals surface area (Å²) in [6.45, 7) is 25.0. The van der Waals surface area contributed by atoms with Gasteiger partial charge in [-0.3, -0.25) is 14.6 Å². The molecule has 262 valence electrons. The van der Waals surface area contributed by atoms with Crippen molar-refractivity contribution in [3.63, 3.8) is 0 Å². The van der Waals surface area contributed by atoms with Crippen molar-refractivity contribution in [2.75, 3.05) is 19.6 Å². The molecule has 0 aromatic heterocycles. The molecule has 4 rings (SSSR count). The predicted molar refractivity (Wildman–Crippen MR) is 185 cm³/mol. The number of halogens is 1. The number of fused-ring (bicyclic) bond motifs is 1. The van der Waals surface area contributed by atoms with Gasteiger partial charge in [-0.25, -0.2) is 15.0 Å². The van der Waals surface area contributed by atoms with Crippen LogP contribution in [-0.2, 0) is 36.6 Å². The molecule has 0 saturated carbocycles. The highest BCUT2D eigenvalue weighted by Crippen LogP contribution is 2.45. The zero-order valence-electron chi connectivity index (χ0n) is 30.3. The van der Waals surface area contributed by atoms with Crippen LogP contribution in [0, 0.1) is 16.7 Å². The monoisotopic (exact) mass is 674 g/mol. The van der Waals surface area contributed by atoms with Crippen molar-refractivity contribution in [2.45, 2.75) is 137 Å². The first-order chi connectivity index (χ1) is 21.5. The summed E-state index contributed by atoms with van der Waals surface area (Å²) in [6, 6.07) is 5.89. The lowest BCUT2D eigenvalue weighted by atomic mass is 9.65. The second-order valence-electron chi connectivity index (χ2n) is 16.4. The second-order valence-corrected chi connectivity index (χ2v) is 16.8. The van der Waals surface area contributed by atoms with E-state index < -0.39 is 11.1 Å². The fourth-order valence-corrected chi connectivity index (χ4v) is 7.40. The highest BCUT2D eigenvalue weighted by Gasteiger charge is 2.55. The van der Waals surface area contributed by atoms with Crippen LogP contribution in [0.25, 0.3) is 0 Å². The van der Waals surface area contributed by atoms with Crippen LogP contribution in [-0.4, -0.2) is 83.0 Å². The number of likely N-dealkylation sites (tertiary alicyclic amines) is 1. The molecule has 3 aliphatic heterocycles. The molecule has 3 atom stereocenters. The van der Waals surface area contributed by atoms with Crippen molar-refractivity contribution in [1.29, 1.82) is 5.41 Å². The third-order valence-electron chi connectivity index (χ3n) is 10.2. The summed E-state index contributed by atoms with van der Waals surface area (Å²) in [5.74, 6) is 0.204. The topological polar surface area (TPSA) is 121 Å². The third kappa shape index (κ3) is 9.39. The zero-order chi connectivity index (χ0) is 35.6. The Balaban J connectivity index is 0.00000192. The number of benzene rings is 1. The molecule has 3 heterocycles. The first-order valence-electron chi connectivity index (χ1n) is 16.7. The van der Waals surface area contributed by atoms with Gasteiger partial charge in [-0.2, -0.15) is 0 Å². The van der Waals surface area contributed by atoms with Gasteiger partial charge in [-0.1, -0.05) is 44.9 Å². The van der Waals surface area contributed by atoms with Gasteiger partial charge in [0, 0.05) is 38.1 Å². The molecule has 0 radical (unpaired) electrons. The Kier molecular flexibility index (Phi) is 12.1. The highest BCUT2D eigenvalue weighted by molar-refractivity contribution is 6.45. The minimum Gasteiger partial charge on any atom is -0.444 e. The van der Waals surface area contributed by atoms with E-state index in [1.807, 2.05) is 37.8 Å². The molecule has 0 bridgehead atoms. The molecule has 10 nitrogen and oxygen atoms in total. The molecular weight excluding hydrogens is 619 g/mol. The second kappa shape index (κ2) is 14.6. The largest absolute Gasteiger partial charge is 0.457 e. The molecule has 0 spiro atoms. The van der Waals surface area contributed by atoms with Gasteiger partial charge in [0.1, 0.15) is 5.60 Å². The maximum Gasteiger partial charge on any atom is 0.457 e. The molecule has 12 heteroatoms. The molecule has 47 heavy (non-hydrogen) atoms.